The number of amides is 1. The summed E-state index contributed by atoms with van der Waals surface area (Å²) in [5.41, 5.74) is 5.86. The Labute approximate surface area is 86.0 Å². The summed E-state index contributed by atoms with van der Waals surface area (Å²) < 4.78 is 0. The van der Waals surface area contributed by atoms with E-state index in [1.54, 1.807) is 0 Å². The van der Waals surface area contributed by atoms with Crippen LogP contribution in [0.1, 0.15) is 32.6 Å². The maximum atomic E-state index is 11.2. The van der Waals surface area contributed by atoms with Crippen LogP contribution in [0.5, 0.6) is 0 Å². The molecule has 0 radical (unpaired) electrons. The number of rotatable bonds is 4. The molecule has 4 heteroatoms. The van der Waals surface area contributed by atoms with E-state index in [9.17, 15) is 4.79 Å². The molecule has 2 N–H and O–H groups in total. The molecule has 0 aromatic heterocycles. The molecule has 0 atom stereocenters. The molecular weight excluding hydrogens is 178 g/mol. The van der Waals surface area contributed by atoms with Gasteiger partial charge in [0.25, 0.3) is 0 Å². The fraction of sp³-hybridized carbons (Fsp3) is 0.900. The normalized spacial score (nSPS) is 19.6. The van der Waals surface area contributed by atoms with Crippen molar-refractivity contribution in [3.63, 3.8) is 0 Å². The lowest BCUT2D eigenvalue weighted by molar-refractivity contribution is -0.122. The van der Waals surface area contributed by atoms with Crippen molar-refractivity contribution in [2.45, 2.75) is 38.6 Å². The van der Waals surface area contributed by atoms with E-state index in [1.807, 2.05) is 6.92 Å². The van der Waals surface area contributed by atoms with Crippen LogP contribution in [0.2, 0.25) is 0 Å². The van der Waals surface area contributed by atoms with Crippen molar-refractivity contribution in [2.75, 3.05) is 20.1 Å². The molecule has 1 fully saturated rings. The molecule has 0 saturated carbocycles. The van der Waals surface area contributed by atoms with E-state index in [0.29, 0.717) is 12.5 Å². The summed E-state index contributed by atoms with van der Waals surface area (Å²) in [6.07, 6.45) is 3.74. The van der Waals surface area contributed by atoms with Gasteiger partial charge in [0.05, 0.1) is 0 Å². The average Bonchev–Trinajstić information content (AvgIpc) is 2.17. The molecule has 1 saturated heterocycles. The Balaban J connectivity index is 2.09. The van der Waals surface area contributed by atoms with Crippen LogP contribution in [-0.2, 0) is 4.79 Å². The number of likely N-dealkylation sites (tertiary alicyclic amines) is 1. The largest absolute Gasteiger partial charge is 0.306 e. The van der Waals surface area contributed by atoms with Gasteiger partial charge in [0, 0.05) is 12.5 Å². The summed E-state index contributed by atoms with van der Waals surface area (Å²) in [6.45, 7) is 4.23. The summed E-state index contributed by atoms with van der Waals surface area (Å²) in [4.78, 5) is 13.5. The summed E-state index contributed by atoms with van der Waals surface area (Å²) in [6, 6.07) is 0.451. The van der Waals surface area contributed by atoms with Crippen LogP contribution in [0.3, 0.4) is 0 Å². The summed E-state index contributed by atoms with van der Waals surface area (Å²) >= 11 is 0. The van der Waals surface area contributed by atoms with Crippen molar-refractivity contribution >= 4 is 5.91 Å². The van der Waals surface area contributed by atoms with E-state index in [0.717, 1.165) is 32.4 Å². The highest BCUT2D eigenvalue weighted by Gasteiger charge is 2.16. The fourth-order valence-electron chi connectivity index (χ4n) is 1.63. The summed E-state index contributed by atoms with van der Waals surface area (Å²) in [7, 11) is 2.13. The molecule has 82 valence electrons. The standard InChI is InChI=1S/C10H21N3O/c1-3-4-10(14)12-11-9-5-7-13(2)8-6-9/h9,11H,3-8H2,1-2H3,(H,12,14). The van der Waals surface area contributed by atoms with E-state index >= 15 is 0 Å². The minimum Gasteiger partial charge on any atom is -0.306 e. The van der Waals surface area contributed by atoms with Crippen molar-refractivity contribution in [3.8, 4) is 0 Å². The Morgan fingerprint density at radius 1 is 1.43 bits per heavy atom. The van der Waals surface area contributed by atoms with Crippen LogP contribution < -0.4 is 10.9 Å². The van der Waals surface area contributed by atoms with E-state index in [2.05, 4.69) is 22.8 Å². The quantitative estimate of drug-likeness (QED) is 0.648. The van der Waals surface area contributed by atoms with Crippen molar-refractivity contribution in [1.82, 2.24) is 15.8 Å². The number of piperidine rings is 1. The highest BCUT2D eigenvalue weighted by molar-refractivity contribution is 5.75. The van der Waals surface area contributed by atoms with Crippen LogP contribution in [0, 0.1) is 0 Å². The maximum absolute atomic E-state index is 11.2. The van der Waals surface area contributed by atoms with Crippen LogP contribution in [0.15, 0.2) is 0 Å². The monoisotopic (exact) mass is 199 g/mol. The molecule has 14 heavy (non-hydrogen) atoms. The number of nitrogens with one attached hydrogen (secondary N) is 2. The smallest absolute Gasteiger partial charge is 0.234 e. The predicted molar refractivity (Wildman–Crippen MR) is 56.7 cm³/mol. The molecule has 0 aromatic carbocycles. The van der Waals surface area contributed by atoms with Gasteiger partial charge in [-0.1, -0.05) is 6.92 Å². The van der Waals surface area contributed by atoms with Gasteiger partial charge in [0.15, 0.2) is 0 Å². The first-order valence-electron chi connectivity index (χ1n) is 5.45. The Bertz CT molecular complexity index is 176. The van der Waals surface area contributed by atoms with Crippen LogP contribution in [-0.4, -0.2) is 37.0 Å². The number of hydrogen-bond donors (Lipinski definition) is 2. The lowest BCUT2D eigenvalue weighted by Gasteiger charge is -2.29. The third-order valence-corrected chi connectivity index (χ3v) is 2.61. The molecule has 0 aliphatic carbocycles. The zero-order valence-electron chi connectivity index (χ0n) is 9.18. The molecule has 0 aromatic rings. The highest BCUT2D eigenvalue weighted by Crippen LogP contribution is 2.06. The Morgan fingerprint density at radius 2 is 2.07 bits per heavy atom. The third-order valence-electron chi connectivity index (χ3n) is 2.61. The Kier molecular flexibility index (Phi) is 4.90. The molecule has 1 aliphatic heterocycles. The van der Waals surface area contributed by atoms with Gasteiger partial charge >= 0.3 is 0 Å². The topological polar surface area (TPSA) is 44.4 Å². The SMILES string of the molecule is CCCC(=O)NNC1CCN(C)CC1. The van der Waals surface area contributed by atoms with E-state index in [4.69, 9.17) is 0 Å². The summed E-state index contributed by atoms with van der Waals surface area (Å²) in [5.74, 6) is 0.103. The predicted octanol–water partition coefficient (Wildman–Crippen LogP) is 0.501. The Hall–Kier alpha value is -0.610. The first-order valence-corrected chi connectivity index (χ1v) is 5.45. The number of hydrogen-bond acceptors (Lipinski definition) is 3. The van der Waals surface area contributed by atoms with Crippen LogP contribution in [0.25, 0.3) is 0 Å². The zero-order valence-corrected chi connectivity index (χ0v) is 9.18. The van der Waals surface area contributed by atoms with Crippen molar-refractivity contribution < 1.29 is 4.79 Å². The maximum Gasteiger partial charge on any atom is 0.234 e. The van der Waals surface area contributed by atoms with Crippen LogP contribution in [0.4, 0.5) is 0 Å². The second kappa shape index (κ2) is 5.98. The average molecular weight is 199 g/mol. The highest BCUT2D eigenvalue weighted by atomic mass is 16.2. The second-order valence-corrected chi connectivity index (χ2v) is 4.02. The van der Waals surface area contributed by atoms with E-state index in [1.165, 1.54) is 0 Å². The van der Waals surface area contributed by atoms with Crippen molar-refractivity contribution in [2.24, 2.45) is 0 Å². The number of hydrazine groups is 1. The number of carbonyl (C=O) groups is 1. The third kappa shape index (κ3) is 4.07. The van der Waals surface area contributed by atoms with Gasteiger partial charge in [-0.2, -0.15) is 0 Å². The van der Waals surface area contributed by atoms with Gasteiger partial charge in [-0.25, -0.2) is 5.43 Å². The van der Waals surface area contributed by atoms with Gasteiger partial charge in [-0.05, 0) is 39.4 Å². The molecule has 0 unspecified atom stereocenters. The van der Waals surface area contributed by atoms with Gasteiger partial charge in [0.2, 0.25) is 5.91 Å². The summed E-state index contributed by atoms with van der Waals surface area (Å²) in [5, 5.41) is 0. The molecular formula is C10H21N3O. The van der Waals surface area contributed by atoms with E-state index in [-0.39, 0.29) is 5.91 Å². The minimum absolute atomic E-state index is 0.103. The van der Waals surface area contributed by atoms with Crippen molar-refractivity contribution in [1.29, 1.82) is 0 Å². The van der Waals surface area contributed by atoms with Gasteiger partial charge in [0.1, 0.15) is 0 Å². The van der Waals surface area contributed by atoms with Crippen molar-refractivity contribution in [3.05, 3.63) is 0 Å². The lowest BCUT2D eigenvalue weighted by atomic mass is 10.1. The van der Waals surface area contributed by atoms with E-state index < -0.39 is 0 Å². The molecule has 1 rings (SSSR count). The van der Waals surface area contributed by atoms with Gasteiger partial charge in [-0.15, -0.1) is 0 Å². The minimum atomic E-state index is 0.103. The molecule has 1 heterocycles. The lowest BCUT2D eigenvalue weighted by Crippen LogP contribution is -2.48. The number of carbonyl (C=O) groups excluding carboxylic acids is 1. The molecule has 1 aliphatic rings. The first kappa shape index (κ1) is 11.5. The Morgan fingerprint density at radius 3 is 2.64 bits per heavy atom. The number of nitrogens with zero attached hydrogens (tertiary/aromatic N) is 1. The zero-order chi connectivity index (χ0) is 10.4. The van der Waals surface area contributed by atoms with Gasteiger partial charge < -0.3 is 4.90 Å². The molecule has 0 spiro atoms. The molecule has 0 bridgehead atoms. The fourth-order valence-corrected chi connectivity index (χ4v) is 1.63. The van der Waals surface area contributed by atoms with Gasteiger partial charge in [-0.3, -0.25) is 10.2 Å². The second-order valence-electron chi connectivity index (χ2n) is 4.02. The first-order chi connectivity index (χ1) is 6.72. The molecule has 4 nitrogen and oxygen atoms in total. The van der Waals surface area contributed by atoms with Crippen LogP contribution >= 0.6 is 0 Å². The molecule has 1 amide bonds.